The first-order valence-corrected chi connectivity index (χ1v) is 8.67. The van der Waals surface area contributed by atoms with Crippen LogP contribution in [0.3, 0.4) is 0 Å². The molecule has 0 aliphatic heterocycles. The fourth-order valence-electron chi connectivity index (χ4n) is 2.99. The first-order chi connectivity index (χ1) is 9.95. The summed E-state index contributed by atoms with van der Waals surface area (Å²) < 4.78 is 0. The summed E-state index contributed by atoms with van der Waals surface area (Å²) >= 11 is 0. The van der Waals surface area contributed by atoms with Gasteiger partial charge in [0, 0.05) is 6.04 Å². The Labute approximate surface area is 130 Å². The SMILES string of the molecule is CCNC(CC)(CCCN(CCC(C)C)C1CC1)C(=O)O. The Morgan fingerprint density at radius 3 is 2.43 bits per heavy atom. The molecule has 0 spiro atoms. The monoisotopic (exact) mass is 298 g/mol. The molecule has 4 nitrogen and oxygen atoms in total. The molecular formula is C17H34N2O2. The number of likely N-dealkylation sites (N-methyl/N-ethyl adjacent to an activating group) is 1. The van der Waals surface area contributed by atoms with E-state index >= 15 is 0 Å². The number of carboxylic acid groups (broad SMARTS) is 1. The Morgan fingerprint density at radius 2 is 2.00 bits per heavy atom. The smallest absolute Gasteiger partial charge is 0.323 e. The predicted octanol–water partition coefficient (Wildman–Crippen LogP) is 3.12. The molecule has 0 aromatic carbocycles. The van der Waals surface area contributed by atoms with Crippen molar-refractivity contribution in [3.63, 3.8) is 0 Å². The van der Waals surface area contributed by atoms with Gasteiger partial charge in [-0.1, -0.05) is 27.7 Å². The highest BCUT2D eigenvalue weighted by Gasteiger charge is 2.36. The molecule has 4 heteroatoms. The molecule has 1 atom stereocenters. The molecule has 1 aliphatic carbocycles. The lowest BCUT2D eigenvalue weighted by atomic mass is 9.90. The largest absolute Gasteiger partial charge is 0.480 e. The summed E-state index contributed by atoms with van der Waals surface area (Å²) in [6, 6.07) is 0.767. The Bertz CT molecular complexity index is 316. The Hall–Kier alpha value is -0.610. The lowest BCUT2D eigenvalue weighted by Gasteiger charge is -2.30. The zero-order valence-corrected chi connectivity index (χ0v) is 14.3. The molecule has 124 valence electrons. The number of rotatable bonds is 12. The minimum absolute atomic E-state index is 0.644. The molecule has 1 saturated carbocycles. The fraction of sp³-hybridized carbons (Fsp3) is 0.941. The van der Waals surface area contributed by atoms with E-state index in [4.69, 9.17) is 0 Å². The summed E-state index contributed by atoms with van der Waals surface area (Å²) in [4.78, 5) is 14.2. The molecular weight excluding hydrogens is 264 g/mol. The lowest BCUT2D eigenvalue weighted by molar-refractivity contribution is -0.145. The van der Waals surface area contributed by atoms with E-state index in [2.05, 4.69) is 24.1 Å². The molecule has 2 N–H and O–H groups in total. The highest BCUT2D eigenvalue weighted by atomic mass is 16.4. The van der Waals surface area contributed by atoms with Crippen LogP contribution < -0.4 is 5.32 Å². The summed E-state index contributed by atoms with van der Waals surface area (Å²) in [7, 11) is 0. The van der Waals surface area contributed by atoms with E-state index < -0.39 is 11.5 Å². The molecule has 0 bridgehead atoms. The van der Waals surface area contributed by atoms with Crippen LogP contribution in [0.4, 0.5) is 0 Å². The minimum Gasteiger partial charge on any atom is -0.480 e. The third kappa shape index (κ3) is 5.95. The van der Waals surface area contributed by atoms with E-state index in [1.165, 1.54) is 19.3 Å². The van der Waals surface area contributed by atoms with Crippen LogP contribution in [0.5, 0.6) is 0 Å². The Balaban J connectivity index is 2.45. The van der Waals surface area contributed by atoms with Gasteiger partial charge in [-0.15, -0.1) is 0 Å². The normalized spacial score (nSPS) is 18.2. The number of hydrogen-bond acceptors (Lipinski definition) is 3. The molecule has 0 amide bonds. The van der Waals surface area contributed by atoms with Crippen LogP contribution in [-0.4, -0.2) is 47.2 Å². The van der Waals surface area contributed by atoms with Crippen molar-refractivity contribution in [1.29, 1.82) is 0 Å². The second-order valence-electron chi connectivity index (χ2n) is 6.82. The second-order valence-corrected chi connectivity index (χ2v) is 6.82. The summed E-state index contributed by atoms with van der Waals surface area (Å²) in [6.45, 7) is 11.4. The third-order valence-electron chi connectivity index (χ3n) is 4.63. The summed E-state index contributed by atoms with van der Waals surface area (Å²) in [5, 5.41) is 12.7. The van der Waals surface area contributed by atoms with Gasteiger partial charge in [-0.05, 0) is 64.1 Å². The molecule has 0 aromatic heterocycles. The van der Waals surface area contributed by atoms with Gasteiger partial charge in [-0.3, -0.25) is 4.79 Å². The van der Waals surface area contributed by atoms with Gasteiger partial charge in [0.15, 0.2) is 0 Å². The van der Waals surface area contributed by atoms with Crippen molar-refractivity contribution < 1.29 is 9.90 Å². The van der Waals surface area contributed by atoms with Crippen LogP contribution in [0.15, 0.2) is 0 Å². The van der Waals surface area contributed by atoms with Crippen LogP contribution in [0.1, 0.15) is 66.2 Å². The molecule has 0 aromatic rings. The maximum absolute atomic E-state index is 11.6. The van der Waals surface area contributed by atoms with E-state index in [1.54, 1.807) is 0 Å². The van der Waals surface area contributed by atoms with Crippen molar-refractivity contribution in [2.45, 2.75) is 77.8 Å². The number of nitrogens with one attached hydrogen (secondary N) is 1. The number of aliphatic carboxylic acids is 1. The third-order valence-corrected chi connectivity index (χ3v) is 4.63. The molecule has 1 unspecified atom stereocenters. The molecule has 1 fully saturated rings. The van der Waals surface area contributed by atoms with Gasteiger partial charge < -0.3 is 15.3 Å². The number of carbonyl (C=O) groups is 1. The molecule has 1 aliphatic rings. The van der Waals surface area contributed by atoms with Gasteiger partial charge in [0.2, 0.25) is 0 Å². The summed E-state index contributed by atoms with van der Waals surface area (Å²) in [5.74, 6) is 0.0359. The van der Waals surface area contributed by atoms with Crippen LogP contribution in [0, 0.1) is 5.92 Å². The van der Waals surface area contributed by atoms with Crippen molar-refractivity contribution in [2.24, 2.45) is 5.92 Å². The topological polar surface area (TPSA) is 52.6 Å². The first-order valence-electron chi connectivity index (χ1n) is 8.67. The average molecular weight is 298 g/mol. The highest BCUT2D eigenvalue weighted by Crippen LogP contribution is 2.28. The van der Waals surface area contributed by atoms with E-state index in [0.717, 1.165) is 37.9 Å². The lowest BCUT2D eigenvalue weighted by Crippen LogP contribution is -2.52. The van der Waals surface area contributed by atoms with E-state index in [1.807, 2.05) is 13.8 Å². The van der Waals surface area contributed by atoms with Crippen molar-refractivity contribution >= 4 is 5.97 Å². The molecule has 21 heavy (non-hydrogen) atoms. The molecule has 1 rings (SSSR count). The van der Waals surface area contributed by atoms with Crippen LogP contribution in [-0.2, 0) is 4.79 Å². The quantitative estimate of drug-likeness (QED) is 0.581. The maximum Gasteiger partial charge on any atom is 0.323 e. The van der Waals surface area contributed by atoms with Crippen LogP contribution in [0.25, 0.3) is 0 Å². The fourth-order valence-corrected chi connectivity index (χ4v) is 2.99. The van der Waals surface area contributed by atoms with Crippen LogP contribution in [0.2, 0.25) is 0 Å². The Kier molecular flexibility index (Phi) is 7.67. The summed E-state index contributed by atoms with van der Waals surface area (Å²) in [5.41, 5.74) is -0.734. The van der Waals surface area contributed by atoms with Crippen molar-refractivity contribution in [1.82, 2.24) is 10.2 Å². The summed E-state index contributed by atoms with van der Waals surface area (Å²) in [6.07, 6.45) is 6.21. The molecule has 0 heterocycles. The zero-order chi connectivity index (χ0) is 15.9. The van der Waals surface area contributed by atoms with Gasteiger partial charge in [-0.25, -0.2) is 0 Å². The van der Waals surface area contributed by atoms with Crippen molar-refractivity contribution in [2.75, 3.05) is 19.6 Å². The Morgan fingerprint density at radius 1 is 1.33 bits per heavy atom. The van der Waals surface area contributed by atoms with Crippen LogP contribution >= 0.6 is 0 Å². The predicted molar refractivity (Wildman–Crippen MR) is 87.6 cm³/mol. The average Bonchev–Trinajstić information content (AvgIpc) is 3.25. The molecule has 0 radical (unpaired) electrons. The van der Waals surface area contributed by atoms with Gasteiger partial charge in [0.1, 0.15) is 5.54 Å². The van der Waals surface area contributed by atoms with Gasteiger partial charge in [0.25, 0.3) is 0 Å². The standard InChI is InChI=1S/C17H34N2O2/c1-5-17(16(20)21,18-6-2)11-7-12-19(15-8-9-15)13-10-14(3)4/h14-15,18H,5-13H2,1-4H3,(H,20,21). The second kappa shape index (κ2) is 8.74. The van der Waals surface area contributed by atoms with Gasteiger partial charge >= 0.3 is 5.97 Å². The van der Waals surface area contributed by atoms with E-state index in [-0.39, 0.29) is 0 Å². The first kappa shape index (κ1) is 18.4. The number of hydrogen-bond donors (Lipinski definition) is 2. The zero-order valence-electron chi connectivity index (χ0n) is 14.3. The van der Waals surface area contributed by atoms with Crippen molar-refractivity contribution in [3.8, 4) is 0 Å². The minimum atomic E-state index is -0.734. The molecule has 0 saturated heterocycles. The van der Waals surface area contributed by atoms with Gasteiger partial charge in [0.05, 0.1) is 0 Å². The number of carboxylic acids is 1. The van der Waals surface area contributed by atoms with Crippen molar-refractivity contribution in [3.05, 3.63) is 0 Å². The number of nitrogens with zero attached hydrogens (tertiary/aromatic N) is 1. The maximum atomic E-state index is 11.6. The van der Waals surface area contributed by atoms with Gasteiger partial charge in [-0.2, -0.15) is 0 Å². The highest BCUT2D eigenvalue weighted by molar-refractivity contribution is 5.78. The van der Waals surface area contributed by atoms with E-state index in [0.29, 0.717) is 13.0 Å². The van der Waals surface area contributed by atoms with E-state index in [9.17, 15) is 9.90 Å².